The van der Waals surface area contributed by atoms with Gasteiger partial charge < -0.3 is 14.5 Å². The first-order valence-electron chi connectivity index (χ1n) is 7.35. The van der Waals surface area contributed by atoms with Crippen molar-refractivity contribution in [2.24, 2.45) is 0 Å². The lowest BCUT2D eigenvalue weighted by molar-refractivity contribution is 0.214. The number of hydrogen-bond donors (Lipinski definition) is 1. The minimum Gasteiger partial charge on any atom is -0.378 e. The third kappa shape index (κ3) is 3.63. The summed E-state index contributed by atoms with van der Waals surface area (Å²) in [6.45, 7) is 1.84. The highest BCUT2D eigenvalue weighted by Gasteiger charge is 2.37. The van der Waals surface area contributed by atoms with Gasteiger partial charge in [-0.05, 0) is 37.3 Å². The Kier molecular flexibility index (Phi) is 5.58. The molecule has 0 amide bonds. The molecule has 2 rings (SSSR count). The third-order valence-electron chi connectivity index (χ3n) is 3.55. The predicted molar refractivity (Wildman–Crippen MR) is 91.0 cm³/mol. The smallest absolute Gasteiger partial charge is 0.264 e. The zero-order valence-corrected chi connectivity index (χ0v) is 14.3. The summed E-state index contributed by atoms with van der Waals surface area (Å²) in [5, 5.41) is 10.9. The lowest BCUT2D eigenvalue weighted by Crippen LogP contribution is -2.16. The normalized spacial score (nSPS) is 15.0. The van der Waals surface area contributed by atoms with Gasteiger partial charge in [-0.1, -0.05) is 18.2 Å². The fraction of sp³-hybridized carbons (Fsp3) is 0.294. The lowest BCUT2D eigenvalue weighted by Gasteiger charge is -2.24. The van der Waals surface area contributed by atoms with E-state index in [2.05, 4.69) is 0 Å². The summed E-state index contributed by atoms with van der Waals surface area (Å²) >= 11 is 0. The topological polar surface area (TPSA) is 49.8 Å². The SMILES string of the molecule is CCO[P@](=O)(c1ccc(N(C)C)cc1)[C@H](O)c1ccccc1F. The molecule has 4 nitrogen and oxygen atoms in total. The Balaban J connectivity index is 2.46. The average Bonchev–Trinajstić information content (AvgIpc) is 2.55. The Morgan fingerprint density at radius 1 is 1.17 bits per heavy atom. The lowest BCUT2D eigenvalue weighted by atomic mass is 10.2. The molecule has 0 unspecified atom stereocenters. The van der Waals surface area contributed by atoms with Crippen LogP contribution >= 0.6 is 7.37 Å². The van der Waals surface area contributed by atoms with Crippen LogP contribution in [0.5, 0.6) is 0 Å². The summed E-state index contributed by atoms with van der Waals surface area (Å²) in [6, 6.07) is 12.6. The third-order valence-corrected chi connectivity index (χ3v) is 6.13. The molecule has 0 aromatic heterocycles. The van der Waals surface area contributed by atoms with Crippen LogP contribution in [0.15, 0.2) is 48.5 Å². The molecular weight excluding hydrogens is 316 g/mol. The molecule has 0 aliphatic rings. The first-order valence-corrected chi connectivity index (χ1v) is 9.04. The van der Waals surface area contributed by atoms with Gasteiger partial charge in [-0.25, -0.2) is 4.39 Å². The number of halogens is 1. The number of rotatable bonds is 6. The molecule has 0 saturated heterocycles. The van der Waals surface area contributed by atoms with Gasteiger partial charge >= 0.3 is 0 Å². The highest BCUT2D eigenvalue weighted by atomic mass is 31.2. The van der Waals surface area contributed by atoms with Crippen molar-refractivity contribution in [3.63, 3.8) is 0 Å². The number of nitrogens with zero attached hydrogens (tertiary/aromatic N) is 1. The Morgan fingerprint density at radius 2 is 1.78 bits per heavy atom. The number of aliphatic hydroxyl groups excluding tert-OH is 1. The van der Waals surface area contributed by atoms with Crippen molar-refractivity contribution in [1.29, 1.82) is 0 Å². The van der Waals surface area contributed by atoms with Crippen molar-refractivity contribution in [3.05, 3.63) is 59.9 Å². The molecule has 23 heavy (non-hydrogen) atoms. The van der Waals surface area contributed by atoms with E-state index in [0.717, 1.165) is 5.69 Å². The van der Waals surface area contributed by atoms with Crippen molar-refractivity contribution < 1.29 is 18.6 Å². The molecule has 2 atom stereocenters. The quantitative estimate of drug-likeness (QED) is 0.820. The first kappa shape index (κ1) is 17.7. The van der Waals surface area contributed by atoms with Crippen LogP contribution in [-0.4, -0.2) is 25.8 Å². The van der Waals surface area contributed by atoms with Crippen LogP contribution in [0, 0.1) is 5.82 Å². The van der Waals surface area contributed by atoms with E-state index in [4.69, 9.17) is 4.52 Å². The predicted octanol–water partition coefficient (Wildman–Crippen LogP) is 3.52. The maximum Gasteiger partial charge on any atom is 0.264 e. The average molecular weight is 337 g/mol. The Labute approximate surface area is 136 Å². The van der Waals surface area contributed by atoms with Gasteiger partial charge in [-0.15, -0.1) is 0 Å². The zero-order chi connectivity index (χ0) is 17.0. The second-order valence-corrected chi connectivity index (χ2v) is 7.78. The molecular formula is C17H21FNO3P. The Hall–Kier alpha value is -1.68. The molecule has 1 N–H and O–H groups in total. The molecule has 0 aliphatic heterocycles. The van der Waals surface area contributed by atoms with E-state index in [0.29, 0.717) is 5.30 Å². The molecule has 0 fully saturated rings. The van der Waals surface area contributed by atoms with Gasteiger partial charge in [0.15, 0.2) is 5.85 Å². The standard InChI is InChI=1S/C17H21FNO3P/c1-4-22-23(21,14-11-9-13(10-12-14)19(2)3)17(20)15-7-5-6-8-16(15)18/h5-12,17,20H,4H2,1-3H3/t17-,23+/m0/s1. The van der Waals surface area contributed by atoms with E-state index in [9.17, 15) is 14.1 Å². The summed E-state index contributed by atoms with van der Waals surface area (Å²) in [5.74, 6) is -2.15. The number of hydrogen-bond acceptors (Lipinski definition) is 4. The maximum absolute atomic E-state index is 14.0. The summed E-state index contributed by atoms with van der Waals surface area (Å²) in [6.07, 6.45) is 0. The van der Waals surface area contributed by atoms with Crippen LogP contribution in [0.2, 0.25) is 0 Å². The van der Waals surface area contributed by atoms with Gasteiger partial charge in [-0.2, -0.15) is 0 Å². The summed E-state index contributed by atoms with van der Waals surface area (Å²) in [5.41, 5.74) is 0.901. The van der Waals surface area contributed by atoms with Gasteiger partial charge in [0.2, 0.25) is 0 Å². The van der Waals surface area contributed by atoms with E-state index in [-0.39, 0.29) is 12.2 Å². The van der Waals surface area contributed by atoms with E-state index < -0.39 is 19.0 Å². The fourth-order valence-corrected chi connectivity index (χ4v) is 4.40. The second kappa shape index (κ2) is 7.26. The van der Waals surface area contributed by atoms with Crippen molar-refractivity contribution in [1.82, 2.24) is 0 Å². The van der Waals surface area contributed by atoms with Crippen molar-refractivity contribution in [2.75, 3.05) is 25.6 Å². The van der Waals surface area contributed by atoms with Crippen LogP contribution in [0.3, 0.4) is 0 Å². The van der Waals surface area contributed by atoms with Crippen molar-refractivity contribution in [2.45, 2.75) is 12.8 Å². The molecule has 0 radical (unpaired) electrons. The van der Waals surface area contributed by atoms with Gasteiger partial charge in [0.05, 0.1) is 6.61 Å². The number of aliphatic hydroxyl groups is 1. The van der Waals surface area contributed by atoms with E-state index in [1.54, 1.807) is 37.3 Å². The molecule has 2 aromatic rings. The van der Waals surface area contributed by atoms with Gasteiger partial charge in [0, 0.05) is 30.7 Å². The molecule has 0 aliphatic carbocycles. The van der Waals surface area contributed by atoms with Crippen LogP contribution in [0.1, 0.15) is 18.3 Å². The summed E-state index contributed by atoms with van der Waals surface area (Å²) in [4.78, 5) is 1.91. The molecule has 6 heteroatoms. The Bertz CT molecular complexity index is 703. The monoisotopic (exact) mass is 337 g/mol. The van der Waals surface area contributed by atoms with Crippen LogP contribution < -0.4 is 10.2 Å². The highest BCUT2D eigenvalue weighted by molar-refractivity contribution is 7.67. The highest BCUT2D eigenvalue weighted by Crippen LogP contribution is 2.57. The van der Waals surface area contributed by atoms with E-state index >= 15 is 0 Å². The first-order chi connectivity index (χ1) is 10.9. The second-order valence-electron chi connectivity index (χ2n) is 5.32. The fourth-order valence-electron chi connectivity index (χ4n) is 2.30. The zero-order valence-electron chi connectivity index (χ0n) is 13.4. The minimum absolute atomic E-state index is 0.0269. The van der Waals surface area contributed by atoms with E-state index in [1.807, 2.05) is 19.0 Å². The minimum atomic E-state index is -3.66. The molecule has 0 heterocycles. The van der Waals surface area contributed by atoms with E-state index in [1.165, 1.54) is 18.2 Å². The number of benzene rings is 2. The van der Waals surface area contributed by atoms with Crippen LogP contribution in [0.4, 0.5) is 10.1 Å². The van der Waals surface area contributed by atoms with Gasteiger partial charge in [-0.3, -0.25) is 4.57 Å². The summed E-state index contributed by atoms with van der Waals surface area (Å²) in [7, 11) is 0.124. The largest absolute Gasteiger partial charge is 0.378 e. The molecule has 2 aromatic carbocycles. The number of anilines is 1. The van der Waals surface area contributed by atoms with Gasteiger partial charge in [0.1, 0.15) is 5.82 Å². The van der Waals surface area contributed by atoms with Gasteiger partial charge in [0.25, 0.3) is 7.37 Å². The van der Waals surface area contributed by atoms with Crippen LogP contribution in [-0.2, 0) is 9.09 Å². The maximum atomic E-state index is 14.0. The Morgan fingerprint density at radius 3 is 2.30 bits per heavy atom. The molecule has 0 bridgehead atoms. The summed E-state index contributed by atoms with van der Waals surface area (Å²) < 4.78 is 32.7. The molecule has 124 valence electrons. The van der Waals surface area contributed by atoms with Crippen LogP contribution in [0.25, 0.3) is 0 Å². The molecule has 0 spiro atoms. The van der Waals surface area contributed by atoms with Crippen molar-refractivity contribution in [3.8, 4) is 0 Å². The molecule has 0 saturated carbocycles. The van der Waals surface area contributed by atoms with Crippen molar-refractivity contribution >= 4 is 18.4 Å².